The number of ether oxygens (including phenoxy) is 1. The number of fused-ring (bicyclic) bond motifs is 1. The van der Waals surface area contributed by atoms with Crippen LogP contribution in [0.15, 0.2) is 18.2 Å². The molecule has 0 spiro atoms. The van der Waals surface area contributed by atoms with Gasteiger partial charge in [-0.25, -0.2) is 0 Å². The van der Waals surface area contributed by atoms with Crippen molar-refractivity contribution in [2.24, 2.45) is 0 Å². The Hall–Kier alpha value is -1.26. The van der Waals surface area contributed by atoms with Crippen molar-refractivity contribution >= 4 is 24.0 Å². The molecule has 0 radical (unpaired) electrons. The van der Waals surface area contributed by atoms with Crippen molar-refractivity contribution in [3.63, 3.8) is 0 Å². The maximum atomic E-state index is 11.9. The van der Waals surface area contributed by atoms with Gasteiger partial charge in [-0.2, -0.15) is 0 Å². The van der Waals surface area contributed by atoms with Crippen molar-refractivity contribution in [3.05, 3.63) is 29.3 Å². The fourth-order valence-electron chi connectivity index (χ4n) is 2.38. The number of anilines is 1. The van der Waals surface area contributed by atoms with Crippen molar-refractivity contribution in [1.29, 1.82) is 0 Å². The SMILES string of the molecule is COC(C)C(=O)NC1CCCc2cc(N)ccc21.Cl. The van der Waals surface area contributed by atoms with E-state index in [2.05, 4.69) is 5.32 Å². The van der Waals surface area contributed by atoms with Crippen LogP contribution in [0.3, 0.4) is 0 Å². The number of carbonyl (C=O) groups is 1. The normalized spacial score (nSPS) is 18.9. The molecule has 2 unspecified atom stereocenters. The van der Waals surface area contributed by atoms with Crippen LogP contribution in [-0.2, 0) is 16.0 Å². The monoisotopic (exact) mass is 284 g/mol. The Bertz CT molecular complexity index is 451. The summed E-state index contributed by atoms with van der Waals surface area (Å²) in [5, 5.41) is 3.04. The summed E-state index contributed by atoms with van der Waals surface area (Å²) in [5.74, 6) is -0.0628. The van der Waals surface area contributed by atoms with E-state index < -0.39 is 6.10 Å². The van der Waals surface area contributed by atoms with Gasteiger partial charge in [0, 0.05) is 12.8 Å². The van der Waals surface area contributed by atoms with Gasteiger partial charge in [-0.05, 0) is 49.4 Å². The van der Waals surface area contributed by atoms with E-state index in [-0.39, 0.29) is 24.4 Å². The topological polar surface area (TPSA) is 64.3 Å². The number of aryl methyl sites for hydroxylation is 1. The molecule has 4 nitrogen and oxygen atoms in total. The molecule has 1 aliphatic carbocycles. The number of benzene rings is 1. The van der Waals surface area contributed by atoms with Crippen LogP contribution in [0.2, 0.25) is 0 Å². The Morgan fingerprint density at radius 2 is 2.26 bits per heavy atom. The molecule has 0 aromatic heterocycles. The van der Waals surface area contributed by atoms with Gasteiger partial charge in [0.1, 0.15) is 6.10 Å². The smallest absolute Gasteiger partial charge is 0.249 e. The second-order valence-corrected chi connectivity index (χ2v) is 4.79. The number of rotatable bonds is 3. The molecule has 1 aromatic carbocycles. The highest BCUT2D eigenvalue weighted by Crippen LogP contribution is 2.30. The fourth-order valence-corrected chi connectivity index (χ4v) is 2.38. The largest absolute Gasteiger partial charge is 0.399 e. The molecule has 2 atom stereocenters. The number of methoxy groups -OCH3 is 1. The maximum absolute atomic E-state index is 11.9. The van der Waals surface area contributed by atoms with Gasteiger partial charge >= 0.3 is 0 Å². The molecule has 0 bridgehead atoms. The number of hydrogen-bond acceptors (Lipinski definition) is 3. The van der Waals surface area contributed by atoms with Crippen molar-refractivity contribution in [2.45, 2.75) is 38.3 Å². The predicted molar refractivity (Wildman–Crippen MR) is 78.4 cm³/mol. The van der Waals surface area contributed by atoms with E-state index in [9.17, 15) is 4.79 Å². The highest BCUT2D eigenvalue weighted by Gasteiger charge is 2.23. The lowest BCUT2D eigenvalue weighted by atomic mass is 9.87. The van der Waals surface area contributed by atoms with Crippen molar-refractivity contribution in [3.8, 4) is 0 Å². The van der Waals surface area contributed by atoms with Crippen molar-refractivity contribution in [1.82, 2.24) is 5.32 Å². The zero-order valence-electron chi connectivity index (χ0n) is 11.3. The van der Waals surface area contributed by atoms with E-state index in [4.69, 9.17) is 10.5 Å². The number of halogens is 1. The minimum Gasteiger partial charge on any atom is -0.399 e. The first-order valence-corrected chi connectivity index (χ1v) is 6.33. The summed E-state index contributed by atoms with van der Waals surface area (Å²) in [6.45, 7) is 1.75. The average molecular weight is 285 g/mol. The second kappa shape index (κ2) is 6.78. The molecule has 0 fully saturated rings. The van der Waals surface area contributed by atoms with Crippen molar-refractivity contribution < 1.29 is 9.53 Å². The minimum absolute atomic E-state index is 0. The van der Waals surface area contributed by atoms with Crippen LogP contribution in [0.5, 0.6) is 0 Å². The lowest BCUT2D eigenvalue weighted by molar-refractivity contribution is -0.130. The highest BCUT2D eigenvalue weighted by atomic mass is 35.5. The van der Waals surface area contributed by atoms with Gasteiger partial charge < -0.3 is 15.8 Å². The van der Waals surface area contributed by atoms with Gasteiger partial charge in [0.05, 0.1) is 6.04 Å². The lowest BCUT2D eigenvalue weighted by Gasteiger charge is -2.27. The zero-order valence-corrected chi connectivity index (χ0v) is 12.1. The Morgan fingerprint density at radius 3 is 2.95 bits per heavy atom. The van der Waals surface area contributed by atoms with Crippen LogP contribution in [0.4, 0.5) is 5.69 Å². The highest BCUT2D eigenvalue weighted by molar-refractivity contribution is 5.85. The number of carbonyl (C=O) groups excluding carboxylic acids is 1. The van der Waals surface area contributed by atoms with Gasteiger partial charge in [-0.15, -0.1) is 12.4 Å². The van der Waals surface area contributed by atoms with E-state index in [0.717, 1.165) is 24.9 Å². The van der Waals surface area contributed by atoms with Crippen molar-refractivity contribution in [2.75, 3.05) is 12.8 Å². The molecule has 106 valence electrons. The molecular formula is C14H21ClN2O2. The quantitative estimate of drug-likeness (QED) is 0.837. The molecule has 0 saturated heterocycles. The summed E-state index contributed by atoms with van der Waals surface area (Å²) >= 11 is 0. The van der Waals surface area contributed by atoms with E-state index >= 15 is 0 Å². The first-order valence-electron chi connectivity index (χ1n) is 6.33. The summed E-state index contributed by atoms with van der Waals surface area (Å²) < 4.78 is 5.03. The van der Waals surface area contributed by atoms with Gasteiger partial charge in [0.25, 0.3) is 0 Å². The first kappa shape index (κ1) is 15.8. The summed E-state index contributed by atoms with van der Waals surface area (Å²) in [4.78, 5) is 11.9. The van der Waals surface area contributed by atoms with Gasteiger partial charge in [0.15, 0.2) is 0 Å². The Morgan fingerprint density at radius 1 is 1.53 bits per heavy atom. The van der Waals surface area contributed by atoms with E-state index in [1.54, 1.807) is 14.0 Å². The molecule has 1 aromatic rings. The molecule has 0 heterocycles. The van der Waals surface area contributed by atoms with Gasteiger partial charge in [-0.1, -0.05) is 6.07 Å². The average Bonchev–Trinajstić information content (AvgIpc) is 2.37. The summed E-state index contributed by atoms with van der Waals surface area (Å²) in [6.07, 6.45) is 2.66. The summed E-state index contributed by atoms with van der Waals surface area (Å²) in [5.41, 5.74) is 9.01. The Labute approximate surface area is 120 Å². The minimum atomic E-state index is -0.413. The third kappa shape index (κ3) is 3.61. The number of nitrogens with two attached hydrogens (primary N) is 1. The Kier molecular flexibility index (Phi) is 5.63. The predicted octanol–water partition coefficient (Wildman–Crippen LogP) is 2.22. The van der Waals surface area contributed by atoms with Crippen LogP contribution >= 0.6 is 12.4 Å². The molecular weight excluding hydrogens is 264 g/mol. The third-order valence-corrected chi connectivity index (χ3v) is 3.52. The molecule has 1 amide bonds. The standard InChI is InChI=1S/C14H20N2O2.ClH/c1-9(18-2)14(17)16-13-5-3-4-10-8-11(15)6-7-12(10)13;/h6-9,13H,3-5,15H2,1-2H3,(H,16,17);1H. The second-order valence-electron chi connectivity index (χ2n) is 4.79. The number of nitrogen functional groups attached to an aromatic ring is 1. The van der Waals surface area contributed by atoms with Gasteiger partial charge in [0.2, 0.25) is 5.91 Å². The molecule has 1 aliphatic rings. The molecule has 2 rings (SSSR count). The van der Waals surface area contributed by atoms with E-state index in [1.165, 1.54) is 11.1 Å². The van der Waals surface area contributed by atoms with Crippen LogP contribution < -0.4 is 11.1 Å². The van der Waals surface area contributed by atoms with Gasteiger partial charge in [-0.3, -0.25) is 4.79 Å². The van der Waals surface area contributed by atoms with Crippen LogP contribution in [0, 0.1) is 0 Å². The molecule has 3 N–H and O–H groups in total. The fraction of sp³-hybridized carbons (Fsp3) is 0.500. The van der Waals surface area contributed by atoms with E-state index in [1.807, 2.05) is 18.2 Å². The Balaban J connectivity index is 0.00000180. The van der Waals surface area contributed by atoms with Crippen LogP contribution in [0.25, 0.3) is 0 Å². The lowest BCUT2D eigenvalue weighted by Crippen LogP contribution is -2.37. The summed E-state index contributed by atoms with van der Waals surface area (Å²) in [6, 6.07) is 6.00. The maximum Gasteiger partial charge on any atom is 0.249 e. The first-order chi connectivity index (χ1) is 8.61. The molecule has 19 heavy (non-hydrogen) atoms. The third-order valence-electron chi connectivity index (χ3n) is 3.52. The van der Waals surface area contributed by atoms with Crippen LogP contribution in [0.1, 0.15) is 36.9 Å². The zero-order chi connectivity index (χ0) is 13.1. The number of nitrogens with one attached hydrogen (secondary N) is 1. The summed E-state index contributed by atoms with van der Waals surface area (Å²) in [7, 11) is 1.54. The van der Waals surface area contributed by atoms with Crippen LogP contribution in [-0.4, -0.2) is 19.1 Å². The van der Waals surface area contributed by atoms with E-state index in [0.29, 0.717) is 0 Å². The molecule has 0 aliphatic heterocycles. The molecule has 5 heteroatoms. The molecule has 0 saturated carbocycles. The number of amides is 1. The number of hydrogen-bond donors (Lipinski definition) is 2.